The molecule has 0 atom stereocenters. The van der Waals surface area contributed by atoms with Crippen LogP contribution in [-0.4, -0.2) is 37.6 Å². The molecule has 0 heterocycles. The summed E-state index contributed by atoms with van der Waals surface area (Å²) in [5, 5.41) is 16.5. The van der Waals surface area contributed by atoms with E-state index in [0.29, 0.717) is 25.4 Å². The zero-order valence-electron chi connectivity index (χ0n) is 11.0. The van der Waals surface area contributed by atoms with Crippen molar-refractivity contribution in [3.63, 3.8) is 0 Å². The lowest BCUT2D eigenvalue weighted by Gasteiger charge is -2.08. The van der Waals surface area contributed by atoms with Crippen LogP contribution >= 0.6 is 22.6 Å². The van der Waals surface area contributed by atoms with Crippen LogP contribution in [0.5, 0.6) is 0 Å². The van der Waals surface area contributed by atoms with Crippen LogP contribution in [0.3, 0.4) is 0 Å². The molecule has 0 saturated heterocycles. The molecule has 0 aliphatic rings. The summed E-state index contributed by atoms with van der Waals surface area (Å²) in [5.41, 5.74) is 0.428. The Hall–Kier alpha value is -1.42. The van der Waals surface area contributed by atoms with Crippen LogP contribution in [0.25, 0.3) is 0 Å². The molecule has 0 aromatic heterocycles. The average molecular weight is 393 g/mol. The zero-order chi connectivity index (χ0) is 15.0. The van der Waals surface area contributed by atoms with E-state index < -0.39 is 4.92 Å². The normalized spacial score (nSPS) is 10.1. The molecule has 8 heteroatoms. The molecule has 0 aliphatic heterocycles. The van der Waals surface area contributed by atoms with Gasteiger partial charge >= 0.3 is 0 Å². The first-order valence-corrected chi connectivity index (χ1v) is 7.06. The summed E-state index contributed by atoms with van der Waals surface area (Å²) < 4.78 is 5.60. The largest absolute Gasteiger partial charge is 0.383 e. The third kappa shape index (κ3) is 5.70. The highest BCUT2D eigenvalue weighted by Crippen LogP contribution is 2.26. The molecule has 20 heavy (non-hydrogen) atoms. The van der Waals surface area contributed by atoms with E-state index in [-0.39, 0.29) is 18.0 Å². The molecule has 0 fully saturated rings. The van der Waals surface area contributed by atoms with E-state index in [2.05, 4.69) is 10.6 Å². The monoisotopic (exact) mass is 393 g/mol. The van der Waals surface area contributed by atoms with Gasteiger partial charge < -0.3 is 15.4 Å². The fourth-order valence-corrected chi connectivity index (χ4v) is 1.97. The second kappa shape index (κ2) is 8.69. The molecule has 0 unspecified atom stereocenters. The summed E-state index contributed by atoms with van der Waals surface area (Å²) in [7, 11) is 1.56. The summed E-state index contributed by atoms with van der Waals surface area (Å²) in [6, 6.07) is 4.90. The molecule has 1 aromatic rings. The maximum absolute atomic E-state index is 11.4. The number of methoxy groups -OCH3 is 1. The minimum Gasteiger partial charge on any atom is -0.383 e. The van der Waals surface area contributed by atoms with Crippen LogP contribution in [0.15, 0.2) is 18.2 Å². The van der Waals surface area contributed by atoms with E-state index in [0.717, 1.165) is 3.57 Å². The molecule has 7 nitrogen and oxygen atoms in total. The van der Waals surface area contributed by atoms with Crippen LogP contribution in [0, 0.1) is 13.7 Å². The first kappa shape index (κ1) is 16.6. The van der Waals surface area contributed by atoms with E-state index in [9.17, 15) is 14.9 Å². The first-order valence-electron chi connectivity index (χ1n) is 5.98. The second-order valence-electron chi connectivity index (χ2n) is 3.94. The number of carbonyl (C=O) groups is 1. The Balaban J connectivity index is 2.46. The smallest absolute Gasteiger partial charge is 0.293 e. The summed E-state index contributed by atoms with van der Waals surface area (Å²) in [5.74, 6) is -0.122. The molecule has 1 amide bonds. The maximum atomic E-state index is 11.4. The molecule has 0 radical (unpaired) electrons. The SMILES string of the molecule is COCCNC(=O)CCNc1ccc(I)cc1[N+](=O)[O-]. The van der Waals surface area contributed by atoms with E-state index >= 15 is 0 Å². The number of nitro groups is 1. The molecule has 2 N–H and O–H groups in total. The van der Waals surface area contributed by atoms with Gasteiger partial charge in [0.2, 0.25) is 5.91 Å². The minimum atomic E-state index is -0.441. The number of carbonyl (C=O) groups excluding carboxylic acids is 1. The summed E-state index contributed by atoms with van der Waals surface area (Å²) >= 11 is 2.01. The number of hydrogen-bond acceptors (Lipinski definition) is 5. The molecular weight excluding hydrogens is 377 g/mol. The summed E-state index contributed by atoms with van der Waals surface area (Å²) in [6.45, 7) is 1.25. The Labute approximate surface area is 130 Å². The van der Waals surface area contributed by atoms with Gasteiger partial charge in [0, 0.05) is 36.3 Å². The molecule has 1 aromatic carbocycles. The highest BCUT2D eigenvalue weighted by atomic mass is 127. The molecule has 0 saturated carbocycles. The van der Waals surface area contributed by atoms with Crippen molar-refractivity contribution in [3.8, 4) is 0 Å². The van der Waals surface area contributed by atoms with Gasteiger partial charge in [-0.15, -0.1) is 0 Å². The Morgan fingerprint density at radius 3 is 2.85 bits per heavy atom. The first-order chi connectivity index (χ1) is 9.54. The lowest BCUT2D eigenvalue weighted by Crippen LogP contribution is -2.28. The number of halogens is 1. The molecule has 1 rings (SSSR count). The number of hydrogen-bond donors (Lipinski definition) is 2. The van der Waals surface area contributed by atoms with Crippen molar-refractivity contribution >= 4 is 39.9 Å². The van der Waals surface area contributed by atoms with Crippen LogP contribution in [0.2, 0.25) is 0 Å². The van der Waals surface area contributed by atoms with Crippen molar-refractivity contribution in [2.45, 2.75) is 6.42 Å². The fourth-order valence-electron chi connectivity index (χ4n) is 1.50. The highest BCUT2D eigenvalue weighted by molar-refractivity contribution is 14.1. The maximum Gasteiger partial charge on any atom is 0.293 e. The molecule has 0 spiro atoms. The number of nitrogens with zero attached hydrogens (tertiary/aromatic N) is 1. The Morgan fingerprint density at radius 1 is 1.45 bits per heavy atom. The third-order valence-corrected chi connectivity index (χ3v) is 3.12. The van der Waals surface area contributed by atoms with Gasteiger partial charge in [-0.3, -0.25) is 14.9 Å². The number of amides is 1. The van der Waals surface area contributed by atoms with Crippen molar-refractivity contribution in [2.24, 2.45) is 0 Å². The van der Waals surface area contributed by atoms with Crippen LogP contribution < -0.4 is 10.6 Å². The average Bonchev–Trinajstić information content (AvgIpc) is 2.40. The number of rotatable bonds is 8. The Kier molecular flexibility index (Phi) is 7.23. The second-order valence-corrected chi connectivity index (χ2v) is 5.18. The van der Waals surface area contributed by atoms with Gasteiger partial charge in [-0.1, -0.05) is 0 Å². The number of ether oxygens (including phenoxy) is 1. The number of nitro benzene ring substituents is 1. The minimum absolute atomic E-state index is 0.0108. The molecular formula is C12H16IN3O4. The van der Waals surface area contributed by atoms with Crippen LogP contribution in [0.4, 0.5) is 11.4 Å². The van der Waals surface area contributed by atoms with Crippen molar-refractivity contribution in [3.05, 3.63) is 31.9 Å². The van der Waals surface area contributed by atoms with Crippen molar-refractivity contribution in [1.82, 2.24) is 5.32 Å². The van der Waals surface area contributed by atoms with Gasteiger partial charge in [-0.25, -0.2) is 0 Å². The summed E-state index contributed by atoms with van der Waals surface area (Å²) in [6.07, 6.45) is 0.243. The third-order valence-electron chi connectivity index (χ3n) is 2.45. The standard InChI is InChI=1S/C12H16IN3O4/c1-20-7-6-15-12(17)4-5-14-10-3-2-9(13)8-11(10)16(18)19/h2-3,8,14H,4-7H2,1H3,(H,15,17). The van der Waals surface area contributed by atoms with E-state index in [1.165, 1.54) is 6.07 Å². The highest BCUT2D eigenvalue weighted by Gasteiger charge is 2.13. The van der Waals surface area contributed by atoms with Gasteiger partial charge in [0.1, 0.15) is 5.69 Å². The van der Waals surface area contributed by atoms with Gasteiger partial charge in [-0.2, -0.15) is 0 Å². The van der Waals surface area contributed by atoms with Gasteiger partial charge in [0.25, 0.3) is 5.69 Å². The van der Waals surface area contributed by atoms with E-state index in [1.54, 1.807) is 19.2 Å². The van der Waals surface area contributed by atoms with Crippen LogP contribution in [-0.2, 0) is 9.53 Å². The number of benzene rings is 1. The van der Waals surface area contributed by atoms with Gasteiger partial charge in [0.05, 0.1) is 11.5 Å². The zero-order valence-corrected chi connectivity index (χ0v) is 13.2. The molecule has 110 valence electrons. The predicted molar refractivity (Wildman–Crippen MR) is 83.8 cm³/mol. The Morgan fingerprint density at radius 2 is 2.20 bits per heavy atom. The van der Waals surface area contributed by atoms with E-state index in [4.69, 9.17) is 4.74 Å². The fraction of sp³-hybridized carbons (Fsp3) is 0.417. The molecule has 0 aliphatic carbocycles. The predicted octanol–water partition coefficient (Wildman–Crippen LogP) is 1.76. The lowest BCUT2D eigenvalue weighted by atomic mass is 10.2. The quantitative estimate of drug-likeness (QED) is 0.304. The van der Waals surface area contributed by atoms with Gasteiger partial charge in [0.15, 0.2) is 0 Å². The molecule has 0 bridgehead atoms. The van der Waals surface area contributed by atoms with Crippen molar-refractivity contribution in [2.75, 3.05) is 32.1 Å². The number of nitrogens with one attached hydrogen (secondary N) is 2. The number of anilines is 1. The van der Waals surface area contributed by atoms with E-state index in [1.807, 2.05) is 22.6 Å². The van der Waals surface area contributed by atoms with Crippen molar-refractivity contribution in [1.29, 1.82) is 0 Å². The summed E-state index contributed by atoms with van der Waals surface area (Å²) in [4.78, 5) is 21.9. The lowest BCUT2D eigenvalue weighted by molar-refractivity contribution is -0.384. The topological polar surface area (TPSA) is 93.5 Å². The Bertz CT molecular complexity index is 482. The van der Waals surface area contributed by atoms with Crippen LogP contribution in [0.1, 0.15) is 6.42 Å². The van der Waals surface area contributed by atoms with Crippen molar-refractivity contribution < 1.29 is 14.5 Å². The van der Waals surface area contributed by atoms with Gasteiger partial charge in [-0.05, 0) is 34.7 Å².